The Kier molecular flexibility index (Phi) is 15.6. The summed E-state index contributed by atoms with van der Waals surface area (Å²) in [4.78, 5) is 19.2. The summed E-state index contributed by atoms with van der Waals surface area (Å²) in [7, 11) is 5.85. The Labute approximate surface area is 361 Å². The lowest BCUT2D eigenvalue weighted by Crippen LogP contribution is -1.94. The van der Waals surface area contributed by atoms with Gasteiger partial charge in [0.25, 0.3) is 0 Å². The van der Waals surface area contributed by atoms with Crippen LogP contribution in [-0.2, 0) is 25.7 Å². The van der Waals surface area contributed by atoms with Gasteiger partial charge in [-0.15, -0.1) is 26.3 Å². The molecule has 0 unspecified atom stereocenters. The van der Waals surface area contributed by atoms with Gasteiger partial charge in [-0.3, -0.25) is 20.0 Å². The van der Waals surface area contributed by atoms with E-state index in [1.807, 2.05) is 0 Å². The minimum absolute atomic E-state index is 0.123. The van der Waals surface area contributed by atoms with E-state index in [0.717, 1.165) is 22.3 Å². The van der Waals surface area contributed by atoms with Crippen LogP contribution in [0, 0.1) is 0 Å². The Morgan fingerprint density at radius 1 is 0.371 bits per heavy atom. The zero-order valence-corrected chi connectivity index (χ0v) is 35.3. The first-order chi connectivity index (χ1) is 30.0. The van der Waals surface area contributed by atoms with Gasteiger partial charge in [0.15, 0.2) is 46.0 Å². The number of methoxy groups -OCH3 is 4. The van der Waals surface area contributed by atoms with Crippen molar-refractivity contribution in [2.45, 2.75) is 25.7 Å². The predicted octanol–water partition coefficient (Wildman–Crippen LogP) is 10.5. The molecule has 5 aromatic carbocycles. The van der Waals surface area contributed by atoms with Crippen molar-refractivity contribution in [3.8, 4) is 46.0 Å². The third-order valence-corrected chi connectivity index (χ3v) is 9.50. The number of hydrogen-bond donors (Lipinski definition) is 4. The Hall–Kier alpha value is -7.86. The van der Waals surface area contributed by atoms with E-state index in [-0.39, 0.29) is 68.7 Å². The minimum Gasteiger partial charge on any atom is -0.504 e. The molecule has 0 spiro atoms. The number of phenols is 4. The van der Waals surface area contributed by atoms with E-state index in [9.17, 15) is 20.4 Å². The summed E-state index contributed by atoms with van der Waals surface area (Å²) >= 11 is 0. The number of ether oxygens (including phenoxy) is 4. The minimum atomic E-state index is -0.123. The molecule has 0 fully saturated rings. The average molecular weight is 835 g/mol. The van der Waals surface area contributed by atoms with Crippen molar-refractivity contribution in [1.29, 1.82) is 0 Å². The van der Waals surface area contributed by atoms with Gasteiger partial charge in [0.2, 0.25) is 0 Å². The van der Waals surface area contributed by atoms with Crippen LogP contribution in [0.1, 0.15) is 44.5 Å². The molecule has 5 aromatic rings. The van der Waals surface area contributed by atoms with E-state index in [4.69, 9.17) is 38.9 Å². The fraction of sp³-hybridized carbons (Fsp3) is 0.160. The normalized spacial score (nSPS) is 11.4. The van der Waals surface area contributed by atoms with Gasteiger partial charge in [0, 0.05) is 47.1 Å². The van der Waals surface area contributed by atoms with Crippen molar-refractivity contribution in [1.82, 2.24) is 0 Å². The largest absolute Gasteiger partial charge is 0.504 e. The number of rotatable bonds is 20. The summed E-state index contributed by atoms with van der Waals surface area (Å²) in [5.74, 6) is 0.541. The lowest BCUT2D eigenvalue weighted by atomic mass is 10.1. The van der Waals surface area contributed by atoms with Crippen LogP contribution in [0.3, 0.4) is 0 Å². The molecule has 0 radical (unpaired) electrons. The second-order valence-electron chi connectivity index (χ2n) is 13.8. The number of phenolic OH excluding ortho intramolecular Hbond substituents is 4. The zero-order chi connectivity index (χ0) is 44.8. The molecule has 5 rings (SSSR count). The number of nitrogens with zero attached hydrogens (tertiary/aromatic N) is 4. The van der Waals surface area contributed by atoms with Crippen LogP contribution in [-0.4, -0.2) is 73.7 Å². The number of benzene rings is 5. The Balaban J connectivity index is 1.80. The highest BCUT2D eigenvalue weighted by molar-refractivity contribution is 5.96. The molecule has 0 aliphatic rings. The van der Waals surface area contributed by atoms with Crippen molar-refractivity contribution < 1.29 is 39.4 Å². The highest BCUT2D eigenvalue weighted by Crippen LogP contribution is 2.42. The second-order valence-corrected chi connectivity index (χ2v) is 13.8. The van der Waals surface area contributed by atoms with Crippen LogP contribution >= 0.6 is 0 Å². The summed E-state index contributed by atoms with van der Waals surface area (Å²) in [5, 5.41) is 44.5. The topological polar surface area (TPSA) is 167 Å². The highest BCUT2D eigenvalue weighted by Gasteiger charge is 2.16. The van der Waals surface area contributed by atoms with Crippen LogP contribution in [0.25, 0.3) is 0 Å². The first-order valence-electron chi connectivity index (χ1n) is 19.4. The van der Waals surface area contributed by atoms with Crippen LogP contribution in [0.4, 0.5) is 22.7 Å². The molecule has 12 heteroatoms. The lowest BCUT2D eigenvalue weighted by molar-refractivity contribution is 0.372. The average Bonchev–Trinajstić information content (AvgIpc) is 3.27. The van der Waals surface area contributed by atoms with E-state index >= 15 is 0 Å². The summed E-state index contributed by atoms with van der Waals surface area (Å²) in [6.45, 7) is 15.3. The van der Waals surface area contributed by atoms with Gasteiger partial charge < -0.3 is 39.4 Å². The lowest BCUT2D eigenvalue weighted by Gasteiger charge is -2.11. The third-order valence-electron chi connectivity index (χ3n) is 9.50. The van der Waals surface area contributed by atoms with Gasteiger partial charge >= 0.3 is 0 Å². The molecular formula is C50H50N4O8. The fourth-order valence-electron chi connectivity index (χ4n) is 6.43. The Morgan fingerprint density at radius 2 is 0.581 bits per heavy atom. The number of aromatic hydroxyl groups is 4. The van der Waals surface area contributed by atoms with Gasteiger partial charge in [-0.25, -0.2) is 0 Å². The van der Waals surface area contributed by atoms with Crippen LogP contribution in [0.5, 0.6) is 46.0 Å². The molecule has 0 saturated carbocycles. The molecule has 0 bridgehead atoms. The van der Waals surface area contributed by atoms with Gasteiger partial charge in [0.1, 0.15) is 0 Å². The zero-order valence-electron chi connectivity index (χ0n) is 35.3. The summed E-state index contributed by atoms with van der Waals surface area (Å²) in [6, 6.07) is 17.2. The first kappa shape index (κ1) is 45.2. The molecule has 0 amide bonds. The quantitative estimate of drug-likeness (QED) is 0.0444. The van der Waals surface area contributed by atoms with Crippen molar-refractivity contribution in [2.24, 2.45) is 20.0 Å². The van der Waals surface area contributed by atoms with E-state index in [2.05, 4.69) is 26.3 Å². The molecule has 0 saturated heterocycles. The number of allylic oxidation sites excluding steroid dienone is 4. The summed E-state index contributed by atoms with van der Waals surface area (Å²) < 4.78 is 21.8. The summed E-state index contributed by atoms with van der Waals surface area (Å²) in [5.41, 5.74) is 5.93. The number of hydrogen-bond acceptors (Lipinski definition) is 12. The van der Waals surface area contributed by atoms with Gasteiger partial charge in [-0.1, -0.05) is 24.3 Å². The molecule has 0 atom stereocenters. The molecule has 0 aliphatic carbocycles. The van der Waals surface area contributed by atoms with E-state index in [1.54, 1.807) is 85.0 Å². The third kappa shape index (κ3) is 10.8. The SMILES string of the molecule is C=CCc1cc(C=Nc2cc(N=Cc3cc(CC=C)cc(OC)c3O)c(N=Cc3cc(CC=C)cc(OC)c3O)cc2N=Cc2cc(CC=C)cc(OC)c2O)c(O)c(OC)c1. The molecule has 0 aromatic heterocycles. The monoisotopic (exact) mass is 834 g/mol. The number of aliphatic imine (C=N–C) groups is 4. The molecule has 62 heavy (non-hydrogen) atoms. The van der Waals surface area contributed by atoms with Gasteiger partial charge in [-0.05, 0) is 109 Å². The maximum Gasteiger partial charge on any atom is 0.166 e. The van der Waals surface area contributed by atoms with Crippen molar-refractivity contribution in [3.05, 3.63) is 156 Å². The maximum atomic E-state index is 11.1. The van der Waals surface area contributed by atoms with Crippen molar-refractivity contribution in [2.75, 3.05) is 28.4 Å². The van der Waals surface area contributed by atoms with Crippen LogP contribution < -0.4 is 18.9 Å². The molecule has 12 nitrogen and oxygen atoms in total. The van der Waals surface area contributed by atoms with E-state index in [0.29, 0.717) is 47.9 Å². The van der Waals surface area contributed by atoms with Gasteiger partial charge in [-0.2, -0.15) is 0 Å². The predicted molar refractivity (Wildman–Crippen MR) is 250 cm³/mol. The first-order valence-corrected chi connectivity index (χ1v) is 19.4. The molecule has 4 N–H and O–H groups in total. The molecule has 0 aliphatic heterocycles. The maximum absolute atomic E-state index is 11.1. The fourth-order valence-corrected chi connectivity index (χ4v) is 6.43. The van der Waals surface area contributed by atoms with Crippen LogP contribution in [0.15, 0.2) is 131 Å². The molecule has 318 valence electrons. The van der Waals surface area contributed by atoms with E-state index in [1.165, 1.54) is 53.3 Å². The van der Waals surface area contributed by atoms with Gasteiger partial charge in [0.05, 0.1) is 51.2 Å². The van der Waals surface area contributed by atoms with E-state index < -0.39 is 0 Å². The summed E-state index contributed by atoms with van der Waals surface area (Å²) in [6.07, 6.45) is 14.9. The Bertz CT molecular complexity index is 2260. The van der Waals surface area contributed by atoms with Crippen LogP contribution in [0.2, 0.25) is 0 Å². The standard InChI is InChI=1S/C50H50N4O8/c1-9-13-31-17-35(47(55)43(21-31)59-5)27-51-39-25-41(53-29-37-19-33(15-11-3)23-45(61-7)49(37)57)42(54-30-38-20-34(16-12-4)24-46(62-8)50(38)58)26-40(39)52-28-36-18-32(14-10-2)22-44(60-6)48(36)56/h9-12,17-30,55-58H,1-4,13-16H2,5-8H3. The van der Waals surface area contributed by atoms with Crippen molar-refractivity contribution in [3.63, 3.8) is 0 Å². The van der Waals surface area contributed by atoms with Crippen molar-refractivity contribution >= 4 is 47.6 Å². The highest BCUT2D eigenvalue weighted by atomic mass is 16.5. The second kappa shape index (κ2) is 21.4. The Morgan fingerprint density at radius 3 is 0.758 bits per heavy atom. The smallest absolute Gasteiger partial charge is 0.166 e. The molecule has 0 heterocycles. The molecular weight excluding hydrogens is 785 g/mol.